The molecule has 3 rings (SSSR count). The molecule has 1 heterocycles. The number of aromatic carboxylic acids is 1. The molecule has 1 aliphatic heterocycles. The number of methoxy groups -OCH3 is 1. The SMILES string of the molecule is COc1cccc(C2CNCCN2C(=O)NCc2ccc(C(=O)O)cc2)c1. The van der Waals surface area contributed by atoms with Crippen molar-refractivity contribution < 1.29 is 19.4 Å². The van der Waals surface area contributed by atoms with Gasteiger partial charge >= 0.3 is 12.0 Å². The van der Waals surface area contributed by atoms with Crippen molar-refractivity contribution in [3.8, 4) is 5.75 Å². The molecule has 7 nitrogen and oxygen atoms in total. The van der Waals surface area contributed by atoms with Gasteiger partial charge < -0.3 is 25.4 Å². The van der Waals surface area contributed by atoms with Crippen LogP contribution in [0.1, 0.15) is 27.5 Å². The molecule has 0 saturated carbocycles. The van der Waals surface area contributed by atoms with Gasteiger partial charge in [0, 0.05) is 26.2 Å². The molecule has 0 spiro atoms. The first-order chi connectivity index (χ1) is 13.1. The zero-order valence-electron chi connectivity index (χ0n) is 15.1. The van der Waals surface area contributed by atoms with E-state index in [1.54, 1.807) is 19.2 Å². The van der Waals surface area contributed by atoms with Crippen LogP contribution in [0.4, 0.5) is 4.79 Å². The predicted octanol–water partition coefficient (Wildman–Crippen LogP) is 2.25. The average molecular weight is 369 g/mol. The summed E-state index contributed by atoms with van der Waals surface area (Å²) in [6.07, 6.45) is 0. The maximum atomic E-state index is 12.7. The zero-order valence-corrected chi connectivity index (χ0v) is 15.1. The Labute approximate surface area is 157 Å². The number of carboxylic acids is 1. The molecule has 7 heteroatoms. The number of piperazine rings is 1. The lowest BCUT2D eigenvalue weighted by atomic mass is 10.0. The summed E-state index contributed by atoms with van der Waals surface area (Å²) in [4.78, 5) is 25.5. The third-order valence-corrected chi connectivity index (χ3v) is 4.63. The molecule has 0 radical (unpaired) electrons. The Morgan fingerprint density at radius 3 is 2.74 bits per heavy atom. The van der Waals surface area contributed by atoms with Crippen LogP contribution in [0.15, 0.2) is 48.5 Å². The number of benzene rings is 2. The van der Waals surface area contributed by atoms with Gasteiger partial charge in [-0.05, 0) is 35.4 Å². The molecule has 1 saturated heterocycles. The molecule has 1 atom stereocenters. The van der Waals surface area contributed by atoms with E-state index < -0.39 is 5.97 Å². The van der Waals surface area contributed by atoms with Crippen LogP contribution in [0.3, 0.4) is 0 Å². The monoisotopic (exact) mass is 369 g/mol. The van der Waals surface area contributed by atoms with Crippen LogP contribution in [0.5, 0.6) is 5.75 Å². The summed E-state index contributed by atoms with van der Waals surface area (Å²) in [7, 11) is 1.62. The molecule has 0 aliphatic carbocycles. The Morgan fingerprint density at radius 1 is 1.26 bits per heavy atom. The Balaban J connectivity index is 1.67. The lowest BCUT2D eigenvalue weighted by Gasteiger charge is -2.36. The van der Waals surface area contributed by atoms with Gasteiger partial charge in [0.15, 0.2) is 0 Å². The number of amides is 2. The highest BCUT2D eigenvalue weighted by molar-refractivity contribution is 5.87. The van der Waals surface area contributed by atoms with E-state index in [0.717, 1.165) is 23.4 Å². The molecule has 2 aromatic carbocycles. The Kier molecular flexibility index (Phi) is 5.93. The van der Waals surface area contributed by atoms with Gasteiger partial charge in [-0.1, -0.05) is 24.3 Å². The van der Waals surface area contributed by atoms with E-state index in [1.165, 1.54) is 12.1 Å². The smallest absolute Gasteiger partial charge is 0.335 e. The fourth-order valence-electron chi connectivity index (χ4n) is 3.14. The van der Waals surface area contributed by atoms with Crippen molar-refractivity contribution in [1.82, 2.24) is 15.5 Å². The number of carboxylic acid groups (broad SMARTS) is 1. The van der Waals surface area contributed by atoms with Crippen LogP contribution < -0.4 is 15.4 Å². The normalized spacial score (nSPS) is 16.6. The van der Waals surface area contributed by atoms with E-state index in [-0.39, 0.29) is 17.6 Å². The molecule has 3 N–H and O–H groups in total. The number of carbonyl (C=O) groups excluding carboxylic acids is 1. The standard InChI is InChI=1S/C20H23N3O4/c1-27-17-4-2-3-16(11-17)18-13-21-9-10-23(18)20(26)22-12-14-5-7-15(8-6-14)19(24)25/h2-8,11,18,21H,9-10,12-13H2,1H3,(H,22,26)(H,24,25). The maximum Gasteiger partial charge on any atom is 0.335 e. The first-order valence-corrected chi connectivity index (χ1v) is 8.80. The van der Waals surface area contributed by atoms with E-state index in [9.17, 15) is 9.59 Å². The molecule has 2 amide bonds. The van der Waals surface area contributed by atoms with Gasteiger partial charge in [0.1, 0.15) is 5.75 Å². The highest BCUT2D eigenvalue weighted by Gasteiger charge is 2.28. The number of ether oxygens (including phenoxy) is 1. The summed E-state index contributed by atoms with van der Waals surface area (Å²) in [5.41, 5.74) is 2.09. The third kappa shape index (κ3) is 4.57. The number of nitrogens with one attached hydrogen (secondary N) is 2. The van der Waals surface area contributed by atoms with Crippen LogP contribution in [0, 0.1) is 0 Å². The van der Waals surface area contributed by atoms with E-state index in [4.69, 9.17) is 9.84 Å². The third-order valence-electron chi connectivity index (χ3n) is 4.63. The molecule has 1 aliphatic rings. The summed E-state index contributed by atoms with van der Waals surface area (Å²) in [6, 6.07) is 14.0. The van der Waals surface area contributed by atoms with Crippen LogP contribution in [0.25, 0.3) is 0 Å². The molecule has 0 aromatic heterocycles. The first kappa shape index (κ1) is 18.7. The summed E-state index contributed by atoms with van der Waals surface area (Å²) in [6.45, 7) is 2.36. The van der Waals surface area contributed by atoms with Gasteiger partial charge in [-0.15, -0.1) is 0 Å². The van der Waals surface area contributed by atoms with Gasteiger partial charge in [-0.2, -0.15) is 0 Å². The summed E-state index contributed by atoms with van der Waals surface area (Å²) in [5, 5.41) is 15.2. The maximum absolute atomic E-state index is 12.7. The van der Waals surface area contributed by atoms with Crippen molar-refractivity contribution in [2.75, 3.05) is 26.7 Å². The second-order valence-electron chi connectivity index (χ2n) is 6.35. The number of hydrogen-bond donors (Lipinski definition) is 3. The molecular formula is C20H23N3O4. The summed E-state index contributed by atoms with van der Waals surface area (Å²) >= 11 is 0. The van der Waals surface area contributed by atoms with E-state index in [2.05, 4.69) is 10.6 Å². The molecule has 1 fully saturated rings. The average Bonchev–Trinajstić information content (AvgIpc) is 2.72. The topological polar surface area (TPSA) is 90.9 Å². The number of urea groups is 1. The number of carbonyl (C=O) groups is 2. The Hall–Kier alpha value is -3.06. The molecule has 142 valence electrons. The summed E-state index contributed by atoms with van der Waals surface area (Å²) in [5.74, 6) is -0.204. The molecule has 1 unspecified atom stereocenters. The molecule has 2 aromatic rings. The van der Waals surface area contributed by atoms with Gasteiger partial charge in [0.2, 0.25) is 0 Å². The summed E-state index contributed by atoms with van der Waals surface area (Å²) < 4.78 is 5.29. The zero-order chi connectivity index (χ0) is 19.2. The van der Waals surface area contributed by atoms with Crippen molar-refractivity contribution in [2.24, 2.45) is 0 Å². The molecular weight excluding hydrogens is 346 g/mol. The van der Waals surface area contributed by atoms with Crippen molar-refractivity contribution >= 4 is 12.0 Å². The van der Waals surface area contributed by atoms with E-state index in [1.807, 2.05) is 29.2 Å². The van der Waals surface area contributed by atoms with Crippen molar-refractivity contribution in [3.63, 3.8) is 0 Å². The second kappa shape index (κ2) is 8.55. The van der Waals surface area contributed by atoms with Crippen LogP contribution in [-0.2, 0) is 6.54 Å². The fourth-order valence-corrected chi connectivity index (χ4v) is 3.14. The Bertz CT molecular complexity index is 807. The number of nitrogens with zero attached hydrogens (tertiary/aromatic N) is 1. The number of rotatable bonds is 5. The first-order valence-electron chi connectivity index (χ1n) is 8.80. The highest BCUT2D eigenvalue weighted by Crippen LogP contribution is 2.25. The van der Waals surface area contributed by atoms with Gasteiger partial charge in [0.25, 0.3) is 0 Å². The van der Waals surface area contributed by atoms with Gasteiger partial charge in [-0.25, -0.2) is 9.59 Å². The van der Waals surface area contributed by atoms with Gasteiger partial charge in [-0.3, -0.25) is 0 Å². The second-order valence-corrected chi connectivity index (χ2v) is 6.35. The van der Waals surface area contributed by atoms with Crippen molar-refractivity contribution in [1.29, 1.82) is 0 Å². The van der Waals surface area contributed by atoms with Gasteiger partial charge in [0.05, 0.1) is 18.7 Å². The fraction of sp³-hybridized carbons (Fsp3) is 0.300. The molecule has 0 bridgehead atoms. The predicted molar refractivity (Wildman–Crippen MR) is 101 cm³/mol. The quantitative estimate of drug-likeness (QED) is 0.752. The highest BCUT2D eigenvalue weighted by atomic mass is 16.5. The van der Waals surface area contributed by atoms with Crippen LogP contribution in [0.2, 0.25) is 0 Å². The molecule has 27 heavy (non-hydrogen) atoms. The van der Waals surface area contributed by atoms with E-state index in [0.29, 0.717) is 19.6 Å². The largest absolute Gasteiger partial charge is 0.497 e. The minimum absolute atomic E-state index is 0.0803. The minimum Gasteiger partial charge on any atom is -0.497 e. The van der Waals surface area contributed by atoms with Crippen LogP contribution in [-0.4, -0.2) is 48.8 Å². The lowest BCUT2D eigenvalue weighted by Crippen LogP contribution is -2.51. The van der Waals surface area contributed by atoms with E-state index >= 15 is 0 Å². The lowest BCUT2D eigenvalue weighted by molar-refractivity contribution is 0.0697. The van der Waals surface area contributed by atoms with Crippen molar-refractivity contribution in [2.45, 2.75) is 12.6 Å². The number of hydrogen-bond acceptors (Lipinski definition) is 4. The van der Waals surface area contributed by atoms with Crippen molar-refractivity contribution in [3.05, 3.63) is 65.2 Å². The van der Waals surface area contributed by atoms with Crippen LogP contribution >= 0.6 is 0 Å². The minimum atomic E-state index is -0.965. The Morgan fingerprint density at radius 2 is 2.04 bits per heavy atom.